The number of hydrogen-bond acceptors (Lipinski definition) is 4. The molecule has 1 heterocycles. The third-order valence-corrected chi connectivity index (χ3v) is 8.11. The van der Waals surface area contributed by atoms with E-state index in [4.69, 9.17) is 5.53 Å². The molecule has 8 nitrogen and oxygen atoms in total. The minimum Gasteiger partial charge on any atom is -0.344 e. The Bertz CT molecular complexity index is 1570. The molecule has 1 aliphatic rings. The third kappa shape index (κ3) is 7.04. The van der Waals surface area contributed by atoms with E-state index in [0.29, 0.717) is 12.8 Å². The van der Waals surface area contributed by atoms with E-state index >= 15 is 0 Å². The highest BCUT2D eigenvalue weighted by Crippen LogP contribution is 2.21. The molecule has 0 spiro atoms. The Hall–Kier alpha value is -4.39. The van der Waals surface area contributed by atoms with Crippen LogP contribution in [0.15, 0.2) is 90.0 Å². The van der Waals surface area contributed by atoms with E-state index in [0.717, 1.165) is 58.6 Å². The molecule has 4 aromatic rings. The van der Waals surface area contributed by atoms with E-state index in [1.165, 1.54) is 0 Å². The van der Waals surface area contributed by atoms with Crippen LogP contribution in [0.25, 0.3) is 32.0 Å². The largest absolute Gasteiger partial charge is 0.344 e. The van der Waals surface area contributed by atoms with Crippen molar-refractivity contribution in [3.8, 4) is 0 Å². The Kier molecular flexibility index (Phi) is 9.14. The van der Waals surface area contributed by atoms with Gasteiger partial charge in [-0.3, -0.25) is 9.59 Å². The van der Waals surface area contributed by atoms with Gasteiger partial charge in [-0.1, -0.05) is 90.0 Å². The lowest BCUT2D eigenvalue weighted by Gasteiger charge is -2.32. The van der Waals surface area contributed by atoms with Crippen molar-refractivity contribution >= 4 is 33.4 Å². The van der Waals surface area contributed by atoms with Gasteiger partial charge in [-0.2, -0.15) is 0 Å². The Morgan fingerprint density at radius 1 is 0.902 bits per heavy atom. The van der Waals surface area contributed by atoms with Crippen molar-refractivity contribution in [2.75, 3.05) is 26.7 Å². The Morgan fingerprint density at radius 2 is 1.46 bits per heavy atom. The molecular formula is C33H36N6O2. The first-order valence-electron chi connectivity index (χ1n) is 14.3. The number of likely N-dealkylation sites (N-methyl/N-ethyl adjacent to an activating group) is 1. The summed E-state index contributed by atoms with van der Waals surface area (Å²) in [6.07, 6.45) is 2.39. The lowest BCUT2D eigenvalue weighted by molar-refractivity contribution is -0.138. The van der Waals surface area contributed by atoms with Crippen molar-refractivity contribution in [2.24, 2.45) is 11.0 Å². The zero-order valence-electron chi connectivity index (χ0n) is 23.4. The van der Waals surface area contributed by atoms with Crippen LogP contribution in [-0.2, 0) is 22.4 Å². The van der Waals surface area contributed by atoms with Crippen molar-refractivity contribution in [3.63, 3.8) is 0 Å². The van der Waals surface area contributed by atoms with E-state index in [1.54, 1.807) is 11.9 Å². The second kappa shape index (κ2) is 13.3. The van der Waals surface area contributed by atoms with Crippen molar-refractivity contribution in [1.82, 2.24) is 15.5 Å². The molecule has 41 heavy (non-hydrogen) atoms. The van der Waals surface area contributed by atoms with Crippen LogP contribution in [0.2, 0.25) is 0 Å². The van der Waals surface area contributed by atoms with Gasteiger partial charge in [0.2, 0.25) is 11.8 Å². The molecular weight excluding hydrogens is 512 g/mol. The smallest absolute Gasteiger partial charge is 0.245 e. The van der Waals surface area contributed by atoms with Crippen LogP contribution in [0.5, 0.6) is 0 Å². The Morgan fingerprint density at radius 3 is 2.05 bits per heavy atom. The molecule has 4 aromatic carbocycles. The van der Waals surface area contributed by atoms with Crippen LogP contribution in [0, 0.1) is 5.92 Å². The van der Waals surface area contributed by atoms with Crippen LogP contribution >= 0.6 is 0 Å². The predicted molar refractivity (Wildman–Crippen MR) is 163 cm³/mol. The number of benzene rings is 4. The van der Waals surface area contributed by atoms with E-state index < -0.39 is 6.04 Å². The minimum absolute atomic E-state index is 0.0832. The molecule has 0 radical (unpaired) electrons. The Labute approximate surface area is 240 Å². The fourth-order valence-electron chi connectivity index (χ4n) is 5.69. The summed E-state index contributed by atoms with van der Waals surface area (Å²) in [6.45, 7) is 1.72. The third-order valence-electron chi connectivity index (χ3n) is 8.11. The van der Waals surface area contributed by atoms with Gasteiger partial charge in [-0.05, 0) is 70.6 Å². The van der Waals surface area contributed by atoms with Gasteiger partial charge in [0.25, 0.3) is 0 Å². The lowest BCUT2D eigenvalue weighted by atomic mass is 9.95. The van der Waals surface area contributed by atoms with Gasteiger partial charge in [0, 0.05) is 36.9 Å². The predicted octanol–water partition coefficient (Wildman–Crippen LogP) is 5.40. The first kappa shape index (κ1) is 28.1. The summed E-state index contributed by atoms with van der Waals surface area (Å²) >= 11 is 0. The number of carbonyl (C=O) groups excluding carboxylic acids is 2. The second-order valence-corrected chi connectivity index (χ2v) is 10.9. The molecule has 8 heteroatoms. The molecule has 1 saturated heterocycles. The topological polar surface area (TPSA) is 110 Å². The molecule has 210 valence electrons. The first-order valence-corrected chi connectivity index (χ1v) is 14.3. The molecule has 2 N–H and O–H groups in total. The van der Waals surface area contributed by atoms with Gasteiger partial charge in [0.1, 0.15) is 6.04 Å². The van der Waals surface area contributed by atoms with Gasteiger partial charge in [0.15, 0.2) is 0 Å². The highest BCUT2D eigenvalue weighted by molar-refractivity contribution is 5.89. The summed E-state index contributed by atoms with van der Waals surface area (Å²) in [6, 6.07) is 27.5. The number of hydrogen-bond donors (Lipinski definition) is 2. The molecule has 0 aliphatic carbocycles. The molecule has 0 bridgehead atoms. The van der Waals surface area contributed by atoms with Crippen molar-refractivity contribution in [3.05, 3.63) is 106 Å². The quantitative estimate of drug-likeness (QED) is 0.157. The van der Waals surface area contributed by atoms with E-state index in [2.05, 4.69) is 75.3 Å². The fourth-order valence-corrected chi connectivity index (χ4v) is 5.69. The van der Waals surface area contributed by atoms with Crippen molar-refractivity contribution in [2.45, 2.75) is 37.8 Å². The number of carbonyl (C=O) groups is 2. The minimum atomic E-state index is -0.742. The molecule has 0 saturated carbocycles. The summed E-state index contributed by atoms with van der Waals surface area (Å²) in [4.78, 5) is 32.0. The van der Waals surface area contributed by atoms with Gasteiger partial charge in [-0.15, -0.1) is 0 Å². The molecule has 5 rings (SSSR count). The van der Waals surface area contributed by atoms with E-state index in [-0.39, 0.29) is 30.3 Å². The van der Waals surface area contributed by atoms with Crippen LogP contribution in [0.4, 0.5) is 0 Å². The average Bonchev–Trinajstić information content (AvgIpc) is 3.02. The monoisotopic (exact) mass is 548 g/mol. The number of nitrogens with one attached hydrogen (secondary N) is 2. The van der Waals surface area contributed by atoms with Gasteiger partial charge >= 0.3 is 0 Å². The summed E-state index contributed by atoms with van der Waals surface area (Å²) in [5.41, 5.74) is 11.1. The molecule has 1 aliphatic heterocycles. The summed E-state index contributed by atoms with van der Waals surface area (Å²) in [7, 11) is 1.74. The van der Waals surface area contributed by atoms with Gasteiger partial charge < -0.3 is 15.5 Å². The maximum atomic E-state index is 14.1. The second-order valence-electron chi connectivity index (χ2n) is 10.9. The number of fused-ring (bicyclic) bond motifs is 2. The zero-order chi connectivity index (χ0) is 28.6. The standard InChI is InChI=1S/C33H36N6O2/c1-39(30(22-36-38-34)20-23-10-12-25-6-2-4-8-28(25)18-23)33(41)31(37-32(40)27-14-16-35-17-15-27)21-24-11-13-26-7-3-5-9-29(26)19-24/h2-13,18-19,27,30-31,35H,14-17,20-22H2,1H3,(H,37,40). The number of nitrogens with zero attached hydrogens (tertiary/aromatic N) is 4. The van der Waals surface area contributed by atoms with Crippen molar-refractivity contribution < 1.29 is 9.59 Å². The Balaban J connectivity index is 1.40. The first-order chi connectivity index (χ1) is 20.0. The molecule has 2 amide bonds. The number of amides is 2. The molecule has 1 fully saturated rings. The highest BCUT2D eigenvalue weighted by Gasteiger charge is 2.31. The van der Waals surface area contributed by atoms with Crippen LogP contribution in [-0.4, -0.2) is 55.5 Å². The van der Waals surface area contributed by atoms with E-state index in [1.807, 2.05) is 30.3 Å². The van der Waals surface area contributed by atoms with Gasteiger partial charge in [0.05, 0.1) is 0 Å². The summed E-state index contributed by atoms with van der Waals surface area (Å²) in [5.74, 6) is -0.399. The SMILES string of the molecule is CN(C(=O)C(Cc1ccc2ccccc2c1)NC(=O)C1CCNCC1)C(CN=[N+]=[N-])Cc1ccc2ccccc2c1. The molecule has 0 aromatic heterocycles. The zero-order valence-corrected chi connectivity index (χ0v) is 23.4. The van der Waals surface area contributed by atoms with Crippen LogP contribution in [0.1, 0.15) is 24.0 Å². The van der Waals surface area contributed by atoms with Crippen molar-refractivity contribution in [1.29, 1.82) is 0 Å². The summed E-state index contributed by atoms with van der Waals surface area (Å²) < 4.78 is 0. The maximum absolute atomic E-state index is 14.1. The lowest BCUT2D eigenvalue weighted by Crippen LogP contribution is -2.54. The van der Waals surface area contributed by atoms with E-state index in [9.17, 15) is 9.59 Å². The van der Waals surface area contributed by atoms with Crippen LogP contribution < -0.4 is 10.6 Å². The average molecular weight is 549 g/mol. The molecule has 2 atom stereocenters. The summed E-state index contributed by atoms with van der Waals surface area (Å²) in [5, 5.41) is 14.7. The normalized spacial score (nSPS) is 15.1. The maximum Gasteiger partial charge on any atom is 0.245 e. The van der Waals surface area contributed by atoms with Gasteiger partial charge in [-0.25, -0.2) is 0 Å². The van der Waals surface area contributed by atoms with Crippen LogP contribution in [0.3, 0.4) is 0 Å². The number of azide groups is 1. The highest BCUT2D eigenvalue weighted by atomic mass is 16.2. The molecule has 2 unspecified atom stereocenters. The fraction of sp³-hybridized carbons (Fsp3) is 0.333. The number of rotatable bonds is 10. The number of piperidine rings is 1.